The monoisotopic (exact) mass is 425 g/mol. The van der Waals surface area contributed by atoms with Gasteiger partial charge in [-0.25, -0.2) is 0 Å². The van der Waals surface area contributed by atoms with Crippen LogP contribution >= 0.6 is 0 Å². The Kier molecular flexibility index (Phi) is 6.84. The van der Waals surface area contributed by atoms with Gasteiger partial charge in [0, 0.05) is 32.0 Å². The fraction of sp³-hybridized carbons (Fsp3) is 0.565. The number of aromatic nitrogens is 3. The molecule has 8 heteroatoms. The molecule has 1 fully saturated rings. The van der Waals surface area contributed by atoms with Crippen LogP contribution < -0.4 is 10.1 Å². The van der Waals surface area contributed by atoms with Crippen LogP contribution in [0.25, 0.3) is 0 Å². The van der Waals surface area contributed by atoms with Crippen molar-refractivity contribution in [1.82, 2.24) is 25.0 Å². The van der Waals surface area contributed by atoms with Gasteiger partial charge in [0.2, 0.25) is 5.91 Å². The van der Waals surface area contributed by atoms with E-state index in [0.717, 1.165) is 43.9 Å². The van der Waals surface area contributed by atoms with E-state index in [9.17, 15) is 9.59 Å². The highest BCUT2D eigenvalue weighted by Gasteiger charge is 2.29. The molecule has 1 aromatic carbocycles. The number of ether oxygens (including phenoxy) is 1. The number of hydrogen-bond donors (Lipinski definition) is 1. The van der Waals surface area contributed by atoms with Crippen LogP contribution in [0, 0.1) is 0 Å². The lowest BCUT2D eigenvalue weighted by Gasteiger charge is -2.32. The Balaban J connectivity index is 1.36. The lowest BCUT2D eigenvalue weighted by atomic mass is 9.97. The van der Waals surface area contributed by atoms with Gasteiger partial charge in [0.15, 0.2) is 0 Å². The minimum absolute atomic E-state index is 0.0239. The Labute approximate surface area is 183 Å². The van der Waals surface area contributed by atoms with Crippen LogP contribution in [-0.2, 0) is 17.8 Å². The van der Waals surface area contributed by atoms with Crippen molar-refractivity contribution in [3.05, 3.63) is 41.5 Å². The van der Waals surface area contributed by atoms with Gasteiger partial charge < -0.3 is 19.5 Å². The highest BCUT2D eigenvalue weighted by atomic mass is 16.5. The van der Waals surface area contributed by atoms with E-state index in [2.05, 4.69) is 20.1 Å². The molecule has 166 valence electrons. The summed E-state index contributed by atoms with van der Waals surface area (Å²) in [7, 11) is 0. The van der Waals surface area contributed by atoms with Crippen LogP contribution in [0.2, 0.25) is 0 Å². The molecule has 1 saturated heterocycles. The van der Waals surface area contributed by atoms with Crippen molar-refractivity contribution in [2.45, 2.75) is 57.9 Å². The average Bonchev–Trinajstić information content (AvgIpc) is 3.06. The molecule has 2 amide bonds. The van der Waals surface area contributed by atoms with E-state index >= 15 is 0 Å². The van der Waals surface area contributed by atoms with Crippen LogP contribution in [0.5, 0.6) is 5.75 Å². The van der Waals surface area contributed by atoms with Crippen LogP contribution in [0.15, 0.2) is 24.3 Å². The number of hydrogen-bond acceptors (Lipinski definition) is 5. The van der Waals surface area contributed by atoms with Crippen molar-refractivity contribution in [1.29, 1.82) is 0 Å². The molecule has 2 aliphatic rings. The zero-order valence-corrected chi connectivity index (χ0v) is 18.2. The molecule has 8 nitrogen and oxygen atoms in total. The number of nitrogens with one attached hydrogen (secondary N) is 1. The largest absolute Gasteiger partial charge is 0.493 e. The maximum atomic E-state index is 12.8. The number of para-hydroxylation sites is 1. The minimum atomic E-state index is -0.297. The van der Waals surface area contributed by atoms with E-state index in [4.69, 9.17) is 4.74 Å². The average molecular weight is 426 g/mol. The molecule has 0 radical (unpaired) electrons. The zero-order chi connectivity index (χ0) is 21.6. The summed E-state index contributed by atoms with van der Waals surface area (Å²) >= 11 is 0. The highest BCUT2D eigenvalue weighted by molar-refractivity contribution is 5.98. The van der Waals surface area contributed by atoms with E-state index in [1.54, 1.807) is 18.2 Å². The fourth-order valence-electron chi connectivity index (χ4n) is 4.52. The zero-order valence-electron chi connectivity index (χ0n) is 18.2. The quantitative estimate of drug-likeness (QED) is 0.768. The molecule has 0 aliphatic carbocycles. The fourth-order valence-corrected chi connectivity index (χ4v) is 4.52. The van der Waals surface area contributed by atoms with E-state index in [1.165, 1.54) is 12.8 Å². The summed E-state index contributed by atoms with van der Waals surface area (Å²) in [5, 5.41) is 11.7. The Morgan fingerprint density at radius 1 is 1.13 bits per heavy atom. The molecular weight excluding hydrogens is 394 g/mol. The molecule has 31 heavy (non-hydrogen) atoms. The predicted octanol–water partition coefficient (Wildman–Crippen LogP) is 2.54. The van der Waals surface area contributed by atoms with Crippen LogP contribution in [-0.4, -0.2) is 57.7 Å². The molecule has 2 aromatic rings. The minimum Gasteiger partial charge on any atom is -0.493 e. The lowest BCUT2D eigenvalue weighted by Crippen LogP contribution is -2.45. The number of likely N-dealkylation sites (tertiary alicyclic amines) is 1. The molecule has 3 heterocycles. The maximum Gasteiger partial charge on any atom is 0.255 e. The molecule has 1 unspecified atom stereocenters. The topological polar surface area (TPSA) is 89.3 Å². The van der Waals surface area contributed by atoms with Crippen LogP contribution in [0.3, 0.4) is 0 Å². The van der Waals surface area contributed by atoms with Crippen molar-refractivity contribution in [3.63, 3.8) is 0 Å². The van der Waals surface area contributed by atoms with E-state index < -0.39 is 0 Å². The summed E-state index contributed by atoms with van der Waals surface area (Å²) in [4.78, 5) is 27.3. The second-order valence-corrected chi connectivity index (χ2v) is 8.23. The Hall–Kier alpha value is -2.90. The Bertz CT molecular complexity index is 926. The third kappa shape index (κ3) is 4.89. The third-order valence-electron chi connectivity index (χ3n) is 6.11. The van der Waals surface area contributed by atoms with Gasteiger partial charge in [0.1, 0.15) is 17.4 Å². The first-order valence-corrected chi connectivity index (χ1v) is 11.4. The lowest BCUT2D eigenvalue weighted by molar-refractivity contribution is -0.131. The standard InChI is InChI=1S/C23H31N5O3/c1-2-31-19-11-6-5-10-18(19)23(30)24-15-21(29)27-13-8-9-17(16-27)22-26-25-20-12-4-3-7-14-28(20)22/h5-6,10-11,17H,2-4,7-9,12-16H2,1H3,(H,24,30). The maximum absolute atomic E-state index is 12.8. The summed E-state index contributed by atoms with van der Waals surface area (Å²) in [6.07, 6.45) is 6.47. The second-order valence-electron chi connectivity index (χ2n) is 8.23. The van der Waals surface area contributed by atoms with Crippen molar-refractivity contribution in [3.8, 4) is 5.75 Å². The number of piperidine rings is 1. The summed E-state index contributed by atoms with van der Waals surface area (Å²) in [5.41, 5.74) is 0.444. The molecule has 0 bridgehead atoms. The number of fused-ring (bicyclic) bond motifs is 1. The summed E-state index contributed by atoms with van der Waals surface area (Å²) in [6.45, 7) is 4.63. The third-order valence-corrected chi connectivity index (χ3v) is 6.11. The SMILES string of the molecule is CCOc1ccccc1C(=O)NCC(=O)N1CCCC(c2nnc3n2CCCCC3)C1. The first-order chi connectivity index (χ1) is 15.2. The number of carbonyl (C=O) groups excluding carboxylic acids is 2. The molecule has 0 spiro atoms. The van der Waals surface area contributed by atoms with E-state index in [0.29, 0.717) is 31.0 Å². The number of rotatable bonds is 6. The van der Waals surface area contributed by atoms with Gasteiger partial charge in [-0.05, 0) is 44.7 Å². The smallest absolute Gasteiger partial charge is 0.255 e. The van der Waals surface area contributed by atoms with Gasteiger partial charge in [-0.3, -0.25) is 9.59 Å². The van der Waals surface area contributed by atoms with Crippen LogP contribution in [0.1, 0.15) is 67.0 Å². The van der Waals surface area contributed by atoms with Crippen molar-refractivity contribution < 1.29 is 14.3 Å². The van der Waals surface area contributed by atoms with Gasteiger partial charge in [0.25, 0.3) is 5.91 Å². The summed E-state index contributed by atoms with van der Waals surface area (Å²) < 4.78 is 7.80. The van der Waals surface area contributed by atoms with Gasteiger partial charge in [-0.2, -0.15) is 0 Å². The summed E-state index contributed by atoms with van der Waals surface area (Å²) in [6, 6.07) is 7.08. The Morgan fingerprint density at radius 3 is 2.87 bits per heavy atom. The molecule has 4 rings (SSSR count). The number of carbonyl (C=O) groups is 2. The second kappa shape index (κ2) is 9.94. The number of aryl methyl sites for hydroxylation is 1. The van der Waals surface area contributed by atoms with Crippen molar-refractivity contribution in [2.24, 2.45) is 0 Å². The molecular formula is C23H31N5O3. The summed E-state index contributed by atoms with van der Waals surface area (Å²) in [5.74, 6) is 2.46. The Morgan fingerprint density at radius 2 is 2.00 bits per heavy atom. The van der Waals surface area contributed by atoms with Crippen molar-refractivity contribution in [2.75, 3.05) is 26.2 Å². The molecule has 1 aromatic heterocycles. The normalized spacial score (nSPS) is 18.7. The van der Waals surface area contributed by atoms with Crippen LogP contribution in [0.4, 0.5) is 0 Å². The molecule has 1 atom stereocenters. The first-order valence-electron chi connectivity index (χ1n) is 11.4. The molecule has 1 N–H and O–H groups in total. The van der Waals surface area contributed by atoms with Gasteiger partial charge >= 0.3 is 0 Å². The van der Waals surface area contributed by atoms with Gasteiger partial charge in [-0.15, -0.1) is 10.2 Å². The first kappa shape index (κ1) is 21.3. The van der Waals surface area contributed by atoms with E-state index in [-0.39, 0.29) is 24.3 Å². The van der Waals surface area contributed by atoms with E-state index in [1.807, 2.05) is 17.9 Å². The number of nitrogens with zero attached hydrogens (tertiary/aromatic N) is 4. The van der Waals surface area contributed by atoms with Gasteiger partial charge in [0.05, 0.1) is 18.7 Å². The van der Waals surface area contributed by atoms with Crippen molar-refractivity contribution >= 4 is 11.8 Å². The predicted molar refractivity (Wildman–Crippen MR) is 116 cm³/mol. The van der Waals surface area contributed by atoms with Gasteiger partial charge in [-0.1, -0.05) is 18.6 Å². The number of amides is 2. The highest BCUT2D eigenvalue weighted by Crippen LogP contribution is 2.28. The molecule has 0 saturated carbocycles. The molecule has 2 aliphatic heterocycles. The number of benzene rings is 1.